The van der Waals surface area contributed by atoms with Crippen LogP contribution < -0.4 is 27.2 Å². The van der Waals surface area contributed by atoms with E-state index in [0.29, 0.717) is 6.42 Å². The molecular formula is C19H26N6O4S2. The first-order chi connectivity index (χ1) is 14.7. The van der Waals surface area contributed by atoms with Gasteiger partial charge in [0.15, 0.2) is 5.96 Å². The summed E-state index contributed by atoms with van der Waals surface area (Å²) in [4.78, 5) is 28.6. The zero-order chi connectivity index (χ0) is 22.9. The Balaban J connectivity index is 2.14. The number of nitrogens with zero attached hydrogens (tertiary/aromatic N) is 1. The molecular weight excluding hydrogens is 440 g/mol. The van der Waals surface area contributed by atoms with Crippen LogP contribution in [0.3, 0.4) is 0 Å². The van der Waals surface area contributed by atoms with Gasteiger partial charge < -0.3 is 22.5 Å². The minimum atomic E-state index is -3.92. The standard InChI is InChI=1S/C19H26N6O4S2/c20-17(26)15(12-13-6-2-1-3-7-13)24-18(27)14(8-4-10-23-19(21)22)25-31(28,29)16-9-5-11-30-16/h1-3,5-7,9,11,14-15,25H,4,8,10,12H2,(H2,20,26)(H,24,27)(H4,21,22,23)/t14-,15-/m0/s1. The molecule has 1 aromatic heterocycles. The zero-order valence-corrected chi connectivity index (χ0v) is 18.4. The normalized spacial score (nSPS) is 13.2. The lowest BCUT2D eigenvalue weighted by Crippen LogP contribution is -2.53. The summed E-state index contributed by atoms with van der Waals surface area (Å²) in [5.74, 6) is -1.49. The number of carbonyl (C=O) groups is 2. The molecule has 12 heteroatoms. The topological polar surface area (TPSA) is 183 Å². The van der Waals surface area contributed by atoms with Crippen molar-refractivity contribution in [3.8, 4) is 0 Å². The van der Waals surface area contributed by atoms with Crippen LogP contribution in [0.4, 0.5) is 0 Å². The highest BCUT2D eigenvalue weighted by molar-refractivity contribution is 7.91. The van der Waals surface area contributed by atoms with E-state index in [-0.39, 0.29) is 29.6 Å². The third kappa shape index (κ3) is 8.00. The predicted octanol–water partition coefficient (Wildman–Crippen LogP) is -0.339. The van der Waals surface area contributed by atoms with Gasteiger partial charge in [-0.25, -0.2) is 8.42 Å². The van der Waals surface area contributed by atoms with Crippen molar-refractivity contribution in [3.05, 3.63) is 53.4 Å². The molecule has 0 fully saturated rings. The molecule has 168 valence electrons. The number of aliphatic imine (C=N–C) groups is 1. The van der Waals surface area contributed by atoms with Gasteiger partial charge in [-0.15, -0.1) is 11.3 Å². The lowest BCUT2D eigenvalue weighted by Gasteiger charge is -2.21. The summed E-state index contributed by atoms with van der Waals surface area (Å²) in [7, 11) is -3.92. The van der Waals surface area contributed by atoms with E-state index in [0.717, 1.165) is 16.9 Å². The number of thiophene rings is 1. The predicted molar refractivity (Wildman–Crippen MR) is 120 cm³/mol. The van der Waals surface area contributed by atoms with Gasteiger partial charge in [-0.1, -0.05) is 36.4 Å². The molecule has 0 aliphatic heterocycles. The maximum Gasteiger partial charge on any atom is 0.250 e. The fourth-order valence-corrected chi connectivity index (χ4v) is 4.99. The Bertz CT molecular complexity index is 990. The van der Waals surface area contributed by atoms with Gasteiger partial charge in [0, 0.05) is 13.0 Å². The number of primary amides is 1. The summed E-state index contributed by atoms with van der Waals surface area (Å²) >= 11 is 1.03. The van der Waals surface area contributed by atoms with E-state index in [1.807, 2.05) is 6.07 Å². The molecule has 0 saturated heterocycles. The molecule has 0 bridgehead atoms. The van der Waals surface area contributed by atoms with Gasteiger partial charge >= 0.3 is 0 Å². The molecule has 10 nitrogen and oxygen atoms in total. The number of carbonyl (C=O) groups excluding carboxylic acids is 2. The van der Waals surface area contributed by atoms with Crippen LogP contribution in [0.2, 0.25) is 0 Å². The summed E-state index contributed by atoms with van der Waals surface area (Å²) in [5, 5.41) is 4.18. The first-order valence-electron chi connectivity index (χ1n) is 9.44. The monoisotopic (exact) mass is 466 g/mol. The largest absolute Gasteiger partial charge is 0.370 e. The maximum atomic E-state index is 12.9. The first-order valence-corrected chi connectivity index (χ1v) is 11.8. The number of benzene rings is 1. The Morgan fingerprint density at radius 3 is 2.32 bits per heavy atom. The summed E-state index contributed by atoms with van der Waals surface area (Å²) in [5.41, 5.74) is 16.8. The van der Waals surface area contributed by atoms with Crippen LogP contribution in [-0.2, 0) is 26.0 Å². The van der Waals surface area contributed by atoms with Crippen LogP contribution in [0.25, 0.3) is 0 Å². The van der Waals surface area contributed by atoms with Crippen molar-refractivity contribution in [3.63, 3.8) is 0 Å². The Morgan fingerprint density at radius 1 is 1.03 bits per heavy atom. The third-order valence-electron chi connectivity index (χ3n) is 4.26. The molecule has 0 unspecified atom stereocenters. The van der Waals surface area contributed by atoms with E-state index in [9.17, 15) is 18.0 Å². The van der Waals surface area contributed by atoms with Gasteiger partial charge in [0.05, 0.1) is 0 Å². The fraction of sp³-hybridized carbons (Fsp3) is 0.316. The molecule has 1 heterocycles. The summed E-state index contributed by atoms with van der Waals surface area (Å²) in [6.45, 7) is 0.218. The Hall–Kier alpha value is -2.96. The smallest absolute Gasteiger partial charge is 0.250 e. The van der Waals surface area contributed by atoms with Crippen LogP contribution in [-0.4, -0.2) is 44.8 Å². The lowest BCUT2D eigenvalue weighted by molar-refractivity contribution is -0.128. The summed E-state index contributed by atoms with van der Waals surface area (Å²) < 4.78 is 27.7. The Kier molecular flexibility index (Phi) is 8.97. The molecule has 1 aromatic carbocycles. The number of hydrogen-bond acceptors (Lipinski definition) is 6. The van der Waals surface area contributed by atoms with Crippen molar-refractivity contribution < 1.29 is 18.0 Å². The van der Waals surface area contributed by atoms with E-state index in [2.05, 4.69) is 15.0 Å². The molecule has 0 radical (unpaired) electrons. The van der Waals surface area contributed by atoms with Gasteiger partial charge in [-0.2, -0.15) is 4.72 Å². The molecule has 2 rings (SSSR count). The van der Waals surface area contributed by atoms with Crippen LogP contribution in [0.1, 0.15) is 18.4 Å². The highest BCUT2D eigenvalue weighted by Gasteiger charge is 2.29. The van der Waals surface area contributed by atoms with Crippen molar-refractivity contribution in [1.29, 1.82) is 0 Å². The van der Waals surface area contributed by atoms with Crippen molar-refractivity contribution in [2.75, 3.05) is 6.54 Å². The van der Waals surface area contributed by atoms with E-state index < -0.39 is 33.9 Å². The summed E-state index contributed by atoms with van der Waals surface area (Å²) in [6, 6.07) is 9.92. The van der Waals surface area contributed by atoms with Crippen molar-refractivity contribution >= 4 is 39.1 Å². The number of nitrogens with one attached hydrogen (secondary N) is 2. The summed E-state index contributed by atoms with van der Waals surface area (Å²) in [6.07, 6.45) is 0.632. The molecule has 2 aromatic rings. The van der Waals surface area contributed by atoms with Gasteiger partial charge in [-0.05, 0) is 29.9 Å². The van der Waals surface area contributed by atoms with E-state index in [4.69, 9.17) is 17.2 Å². The van der Waals surface area contributed by atoms with Crippen molar-refractivity contribution in [2.24, 2.45) is 22.2 Å². The number of sulfonamides is 1. The lowest BCUT2D eigenvalue weighted by atomic mass is 10.0. The second-order valence-electron chi connectivity index (χ2n) is 6.71. The average molecular weight is 467 g/mol. The Morgan fingerprint density at radius 2 is 1.74 bits per heavy atom. The molecule has 0 aliphatic rings. The number of nitrogens with two attached hydrogens (primary N) is 3. The molecule has 31 heavy (non-hydrogen) atoms. The van der Waals surface area contributed by atoms with E-state index in [1.54, 1.807) is 35.7 Å². The average Bonchev–Trinajstić information content (AvgIpc) is 3.26. The maximum absolute atomic E-state index is 12.9. The fourth-order valence-electron chi connectivity index (χ4n) is 2.75. The zero-order valence-electron chi connectivity index (χ0n) is 16.7. The Labute approximate surface area is 185 Å². The molecule has 0 spiro atoms. The molecule has 0 saturated carbocycles. The van der Waals surface area contributed by atoms with Crippen LogP contribution in [0.15, 0.2) is 57.0 Å². The second-order valence-corrected chi connectivity index (χ2v) is 9.60. The number of hydrogen-bond donors (Lipinski definition) is 5. The van der Waals surface area contributed by atoms with Crippen LogP contribution in [0.5, 0.6) is 0 Å². The van der Waals surface area contributed by atoms with Crippen molar-refractivity contribution in [1.82, 2.24) is 10.0 Å². The van der Waals surface area contributed by atoms with Gasteiger partial charge in [0.2, 0.25) is 11.8 Å². The number of rotatable bonds is 12. The molecule has 8 N–H and O–H groups in total. The van der Waals surface area contributed by atoms with Crippen LogP contribution in [0, 0.1) is 0 Å². The first kappa shape index (κ1) is 24.3. The minimum Gasteiger partial charge on any atom is -0.370 e. The molecule has 2 atom stereocenters. The highest BCUT2D eigenvalue weighted by Crippen LogP contribution is 2.17. The number of guanidine groups is 1. The van der Waals surface area contributed by atoms with Gasteiger partial charge in [-0.3, -0.25) is 14.6 Å². The molecule has 0 aliphatic carbocycles. The third-order valence-corrected chi connectivity index (χ3v) is 7.13. The van der Waals surface area contributed by atoms with Gasteiger partial charge in [0.1, 0.15) is 16.3 Å². The van der Waals surface area contributed by atoms with E-state index >= 15 is 0 Å². The van der Waals surface area contributed by atoms with Crippen LogP contribution >= 0.6 is 11.3 Å². The molecule has 2 amide bonds. The van der Waals surface area contributed by atoms with Crippen molar-refractivity contribution in [2.45, 2.75) is 35.6 Å². The van der Waals surface area contributed by atoms with E-state index in [1.165, 1.54) is 6.07 Å². The number of amides is 2. The van der Waals surface area contributed by atoms with Gasteiger partial charge in [0.25, 0.3) is 10.0 Å². The minimum absolute atomic E-state index is 0.0743. The second kappa shape index (κ2) is 11.4. The SMILES string of the molecule is NC(=O)[C@H](Cc1ccccc1)NC(=O)[C@H](CCCN=C(N)N)NS(=O)(=O)c1cccs1. The quantitative estimate of drug-likeness (QED) is 0.162. The highest BCUT2D eigenvalue weighted by atomic mass is 32.2.